The number of ether oxygens (including phenoxy) is 2. The Kier molecular flexibility index (Phi) is 8.67. The van der Waals surface area contributed by atoms with Crippen LogP contribution in [0.1, 0.15) is 41.2 Å². The summed E-state index contributed by atoms with van der Waals surface area (Å²) in [6, 6.07) is 14.5. The van der Waals surface area contributed by atoms with Crippen LogP contribution in [-0.2, 0) is 13.0 Å². The fourth-order valence-corrected chi connectivity index (χ4v) is 3.65. The number of hydrogen-bond acceptors (Lipinski definition) is 5. The van der Waals surface area contributed by atoms with Gasteiger partial charge in [0, 0.05) is 30.0 Å². The largest absolute Gasteiger partial charge is 0.497 e. The minimum atomic E-state index is -0.258. The lowest BCUT2D eigenvalue weighted by molar-refractivity contribution is 0.0977. The van der Waals surface area contributed by atoms with Gasteiger partial charge in [0.2, 0.25) is 5.96 Å². The second kappa shape index (κ2) is 11.9. The number of rotatable bonds is 9. The summed E-state index contributed by atoms with van der Waals surface area (Å²) in [4.78, 5) is 17.5. The highest BCUT2D eigenvalue weighted by atomic mass is 16.5. The van der Waals surface area contributed by atoms with E-state index in [1.165, 1.54) is 5.56 Å². The molecular weight excluding hydrogens is 430 g/mol. The van der Waals surface area contributed by atoms with Crippen molar-refractivity contribution in [3.05, 3.63) is 71.0 Å². The highest BCUT2D eigenvalue weighted by molar-refractivity contribution is 6.10. The van der Waals surface area contributed by atoms with Gasteiger partial charge in [-0.3, -0.25) is 19.8 Å². The van der Waals surface area contributed by atoms with Crippen LogP contribution in [-0.4, -0.2) is 41.9 Å². The van der Waals surface area contributed by atoms with Crippen molar-refractivity contribution in [2.75, 3.05) is 25.6 Å². The molecule has 0 unspecified atom stereocenters. The number of nitrogens with one attached hydrogen (secondary N) is 2. The molecule has 3 aromatic rings. The van der Waals surface area contributed by atoms with E-state index < -0.39 is 0 Å². The first kappa shape index (κ1) is 24.8. The van der Waals surface area contributed by atoms with E-state index in [1.54, 1.807) is 31.4 Å². The van der Waals surface area contributed by atoms with Crippen molar-refractivity contribution in [2.24, 2.45) is 4.99 Å². The standard InChI is InChI=1S/C26H33N5O3/c1-6-31-19(4)24(18(3)30-31)16-17-27-26(28-21-10-14-23(15-11-21)34-7-2)29-25(32)20-8-12-22(33-5)13-9-20/h8-15H,6-7,16-17H2,1-5H3,(H2,27,28,29,32). The zero-order valence-corrected chi connectivity index (χ0v) is 20.5. The molecule has 0 aliphatic rings. The van der Waals surface area contributed by atoms with E-state index in [1.807, 2.05) is 42.8 Å². The zero-order valence-electron chi connectivity index (χ0n) is 20.5. The van der Waals surface area contributed by atoms with E-state index in [0.29, 0.717) is 30.4 Å². The molecule has 180 valence electrons. The van der Waals surface area contributed by atoms with Crippen LogP contribution in [0, 0.1) is 13.8 Å². The Morgan fingerprint density at radius 2 is 1.71 bits per heavy atom. The second-order valence-electron chi connectivity index (χ2n) is 7.71. The van der Waals surface area contributed by atoms with Gasteiger partial charge in [0.25, 0.3) is 5.91 Å². The van der Waals surface area contributed by atoms with Crippen molar-refractivity contribution >= 4 is 17.6 Å². The molecule has 0 aliphatic carbocycles. The fraction of sp³-hybridized carbons (Fsp3) is 0.346. The van der Waals surface area contributed by atoms with Crippen LogP contribution in [0.15, 0.2) is 53.5 Å². The summed E-state index contributed by atoms with van der Waals surface area (Å²) in [6.45, 7) is 10.0. The SMILES string of the molecule is CCOc1ccc(NC(=NCCc2c(C)nn(CC)c2C)NC(=O)c2ccc(OC)cc2)cc1. The summed E-state index contributed by atoms with van der Waals surface area (Å²) < 4.78 is 12.7. The monoisotopic (exact) mass is 463 g/mol. The number of methoxy groups -OCH3 is 1. The molecule has 0 radical (unpaired) electrons. The van der Waals surface area contributed by atoms with Crippen LogP contribution in [0.5, 0.6) is 11.5 Å². The number of aliphatic imine (C=N–C) groups is 1. The van der Waals surface area contributed by atoms with Crippen molar-refractivity contribution in [3.8, 4) is 11.5 Å². The molecule has 0 saturated carbocycles. The van der Waals surface area contributed by atoms with Crippen molar-refractivity contribution < 1.29 is 14.3 Å². The second-order valence-corrected chi connectivity index (χ2v) is 7.71. The minimum Gasteiger partial charge on any atom is -0.497 e. The lowest BCUT2D eigenvalue weighted by atomic mass is 10.1. The maximum atomic E-state index is 12.9. The van der Waals surface area contributed by atoms with E-state index in [9.17, 15) is 4.79 Å². The molecule has 34 heavy (non-hydrogen) atoms. The summed E-state index contributed by atoms with van der Waals surface area (Å²) in [5, 5.41) is 10.7. The third-order valence-electron chi connectivity index (χ3n) is 5.47. The molecule has 0 atom stereocenters. The normalized spacial score (nSPS) is 11.3. The van der Waals surface area contributed by atoms with Gasteiger partial charge < -0.3 is 14.8 Å². The lowest BCUT2D eigenvalue weighted by Crippen LogP contribution is -2.36. The zero-order chi connectivity index (χ0) is 24.5. The summed E-state index contributed by atoms with van der Waals surface area (Å²) >= 11 is 0. The van der Waals surface area contributed by atoms with E-state index in [-0.39, 0.29) is 5.91 Å². The molecule has 2 aromatic carbocycles. The summed E-state index contributed by atoms with van der Waals surface area (Å²) in [7, 11) is 1.59. The number of hydrogen-bond donors (Lipinski definition) is 2. The Labute approximate surface area is 201 Å². The van der Waals surface area contributed by atoms with Gasteiger partial charge >= 0.3 is 0 Å². The van der Waals surface area contributed by atoms with Gasteiger partial charge in [0.05, 0.1) is 19.4 Å². The fourth-order valence-electron chi connectivity index (χ4n) is 3.65. The van der Waals surface area contributed by atoms with Gasteiger partial charge in [0.1, 0.15) is 11.5 Å². The first-order valence-electron chi connectivity index (χ1n) is 11.5. The van der Waals surface area contributed by atoms with Crippen LogP contribution < -0.4 is 20.1 Å². The number of nitrogens with zero attached hydrogens (tertiary/aromatic N) is 3. The van der Waals surface area contributed by atoms with Crippen LogP contribution >= 0.6 is 0 Å². The molecule has 3 rings (SSSR count). The maximum absolute atomic E-state index is 12.9. The average molecular weight is 464 g/mol. The Hall–Kier alpha value is -3.81. The van der Waals surface area contributed by atoms with Crippen molar-refractivity contribution in [1.29, 1.82) is 0 Å². The Morgan fingerprint density at radius 3 is 2.29 bits per heavy atom. The van der Waals surface area contributed by atoms with Gasteiger partial charge in [0.15, 0.2) is 0 Å². The molecule has 2 N–H and O–H groups in total. The third-order valence-corrected chi connectivity index (χ3v) is 5.47. The lowest BCUT2D eigenvalue weighted by Gasteiger charge is -2.13. The molecule has 8 heteroatoms. The van der Waals surface area contributed by atoms with Crippen molar-refractivity contribution in [3.63, 3.8) is 0 Å². The molecule has 0 saturated heterocycles. The number of anilines is 1. The van der Waals surface area contributed by atoms with Gasteiger partial charge in [-0.05, 0) is 88.2 Å². The van der Waals surface area contributed by atoms with Crippen LogP contribution in [0.2, 0.25) is 0 Å². The molecule has 0 spiro atoms. The van der Waals surface area contributed by atoms with Crippen LogP contribution in [0.3, 0.4) is 0 Å². The minimum absolute atomic E-state index is 0.258. The Bertz CT molecular complexity index is 1120. The number of carbonyl (C=O) groups is 1. The first-order chi connectivity index (χ1) is 16.4. The maximum Gasteiger partial charge on any atom is 0.257 e. The molecule has 0 fully saturated rings. The average Bonchev–Trinajstić information content (AvgIpc) is 3.13. The summed E-state index contributed by atoms with van der Waals surface area (Å²) in [5.74, 6) is 1.60. The van der Waals surface area contributed by atoms with E-state index in [0.717, 1.165) is 35.8 Å². The molecule has 0 aliphatic heterocycles. The highest BCUT2D eigenvalue weighted by Crippen LogP contribution is 2.17. The first-order valence-corrected chi connectivity index (χ1v) is 11.5. The summed E-state index contributed by atoms with van der Waals surface area (Å²) in [5.41, 5.74) is 4.66. The Balaban J connectivity index is 1.77. The number of carbonyl (C=O) groups excluding carboxylic acids is 1. The van der Waals surface area contributed by atoms with Crippen LogP contribution in [0.4, 0.5) is 5.69 Å². The number of aryl methyl sites for hydroxylation is 2. The number of aromatic nitrogens is 2. The number of amides is 1. The van der Waals surface area contributed by atoms with Gasteiger partial charge in [-0.15, -0.1) is 0 Å². The predicted molar refractivity (Wildman–Crippen MR) is 135 cm³/mol. The molecular formula is C26H33N5O3. The quantitative estimate of drug-likeness (QED) is 0.363. The molecule has 1 heterocycles. The van der Waals surface area contributed by atoms with Gasteiger partial charge in [-0.1, -0.05) is 0 Å². The summed E-state index contributed by atoms with van der Waals surface area (Å²) in [6.07, 6.45) is 0.727. The van der Waals surface area contributed by atoms with E-state index >= 15 is 0 Å². The van der Waals surface area contributed by atoms with Crippen molar-refractivity contribution in [1.82, 2.24) is 15.1 Å². The van der Waals surface area contributed by atoms with E-state index in [2.05, 4.69) is 34.6 Å². The number of guanidine groups is 1. The molecule has 1 amide bonds. The van der Waals surface area contributed by atoms with E-state index in [4.69, 9.17) is 9.47 Å². The van der Waals surface area contributed by atoms with Crippen LogP contribution in [0.25, 0.3) is 0 Å². The number of benzene rings is 2. The topological polar surface area (TPSA) is 89.8 Å². The highest BCUT2D eigenvalue weighted by Gasteiger charge is 2.12. The third kappa shape index (κ3) is 6.37. The molecule has 8 nitrogen and oxygen atoms in total. The Morgan fingerprint density at radius 1 is 1.03 bits per heavy atom. The predicted octanol–water partition coefficient (Wildman–Crippen LogP) is 4.37. The van der Waals surface area contributed by atoms with Crippen molar-refractivity contribution in [2.45, 2.75) is 40.7 Å². The molecule has 1 aromatic heterocycles. The smallest absolute Gasteiger partial charge is 0.257 e. The van der Waals surface area contributed by atoms with Gasteiger partial charge in [-0.2, -0.15) is 5.10 Å². The van der Waals surface area contributed by atoms with Gasteiger partial charge in [-0.25, -0.2) is 0 Å². The molecule has 0 bridgehead atoms.